The third kappa shape index (κ3) is 12.4. The second kappa shape index (κ2) is 24.4. The maximum Gasteiger partial charge on any atom is 0.343 e. The van der Waals surface area contributed by atoms with Crippen molar-refractivity contribution in [1.29, 1.82) is 0 Å². The van der Waals surface area contributed by atoms with Gasteiger partial charge in [-0.1, -0.05) is 37.3 Å². The molecule has 0 unspecified atom stereocenters. The van der Waals surface area contributed by atoms with Gasteiger partial charge >= 0.3 is 5.97 Å². The zero-order valence-electron chi connectivity index (χ0n) is 44.6. The molecule has 5 heterocycles. The second-order valence-electron chi connectivity index (χ2n) is 20.4. The molecule has 24 nitrogen and oxygen atoms in total. The highest BCUT2D eigenvalue weighted by atomic mass is 19.1. The minimum atomic E-state index is -2.03. The Hall–Kier alpha value is -8.68. The van der Waals surface area contributed by atoms with Crippen LogP contribution in [0.2, 0.25) is 0 Å². The number of nitrogens with zero attached hydrogens (tertiary/aromatic N) is 4. The van der Waals surface area contributed by atoms with Crippen LogP contribution >= 0.6 is 0 Å². The number of piperazine rings is 1. The predicted octanol–water partition coefficient (Wildman–Crippen LogP) is -1.14. The molecule has 0 spiro atoms. The number of esters is 1. The van der Waals surface area contributed by atoms with E-state index in [1.807, 2.05) is 0 Å². The van der Waals surface area contributed by atoms with Crippen molar-refractivity contribution in [3.05, 3.63) is 116 Å². The molecule has 1 fully saturated rings. The van der Waals surface area contributed by atoms with Gasteiger partial charge in [0.15, 0.2) is 5.60 Å². The van der Waals surface area contributed by atoms with Crippen molar-refractivity contribution in [3.8, 4) is 11.3 Å². The number of amides is 9. The van der Waals surface area contributed by atoms with Gasteiger partial charge in [0.1, 0.15) is 31.8 Å². The number of carbonyl (C=O) groups excluding carboxylic acids is 10. The highest BCUT2D eigenvalue weighted by Gasteiger charge is 2.46. The Morgan fingerprint density at radius 2 is 1.52 bits per heavy atom. The molecule has 25 heteroatoms. The molecule has 3 atom stereocenters. The molecule has 426 valence electrons. The summed E-state index contributed by atoms with van der Waals surface area (Å²) in [5, 5.41) is 28.1. The quantitative estimate of drug-likeness (QED) is 0.0198. The number of hydrogen-bond donors (Lipinski definition) is 7. The van der Waals surface area contributed by atoms with Gasteiger partial charge in [0, 0.05) is 68.8 Å². The van der Waals surface area contributed by atoms with Gasteiger partial charge in [0.05, 0.1) is 50.0 Å². The molecule has 0 bridgehead atoms. The standard InChI is InChI=1S/C56H61FN10O14/c1-3-56(79)38-22-42-35-20-33-21-39(57)31(2)34-9-10-40(52(51(33)34)36(35)26-67(42)54(77)37(38)28-81-55(56)78)62-47(72)29-80-30-61-44(69)24-60-53(76)41(19-32-7-5-4-6-8-32)63-45(70)25-58-43(68)23-59-46(71)27-64-15-17-65(18-16-64)48(73)13-14-66-49(74)11-12-50(66)75/h4-8,11-12,20-22,40-41,79H,3,9-10,13-19,23-30H2,1-2H3,(H,58,68)(H,59,71)(H,60,76)(H,61,69)(H,62,72)(H,63,70)/t40-,41-,56-/m0/s1. The highest BCUT2D eigenvalue weighted by Crippen LogP contribution is 2.47. The summed E-state index contributed by atoms with van der Waals surface area (Å²) in [7, 11) is 0. The summed E-state index contributed by atoms with van der Waals surface area (Å²) in [5.41, 5.74) is 2.25. The second-order valence-corrected chi connectivity index (χ2v) is 20.4. The molecule has 0 saturated carbocycles. The summed E-state index contributed by atoms with van der Waals surface area (Å²) in [4.78, 5) is 145. The maximum atomic E-state index is 15.4. The topological polar surface area (TPSA) is 313 Å². The molecular weight excluding hydrogens is 1060 g/mol. The average molecular weight is 1120 g/mol. The Balaban J connectivity index is 0.720. The number of rotatable bonds is 21. The van der Waals surface area contributed by atoms with Gasteiger partial charge in [0.25, 0.3) is 17.4 Å². The summed E-state index contributed by atoms with van der Waals surface area (Å²) in [6.07, 6.45) is 3.10. The number of ether oxygens (including phenoxy) is 2. The first-order valence-corrected chi connectivity index (χ1v) is 26.6. The van der Waals surface area contributed by atoms with Crippen LogP contribution in [-0.4, -0.2) is 162 Å². The van der Waals surface area contributed by atoms with Crippen molar-refractivity contribution < 1.29 is 66.9 Å². The van der Waals surface area contributed by atoms with Crippen LogP contribution in [0.5, 0.6) is 0 Å². The molecule has 1 aromatic heterocycles. The van der Waals surface area contributed by atoms with Crippen LogP contribution in [-0.2, 0) is 89.0 Å². The van der Waals surface area contributed by atoms with Crippen LogP contribution in [0.25, 0.3) is 22.0 Å². The Bertz CT molecular complexity index is 3340. The van der Waals surface area contributed by atoms with Crippen LogP contribution < -0.4 is 37.5 Å². The van der Waals surface area contributed by atoms with Gasteiger partial charge in [-0.25, -0.2) is 9.18 Å². The molecule has 5 aliphatic rings. The Kier molecular flexibility index (Phi) is 17.1. The number of carbonyl (C=O) groups is 10. The number of imide groups is 1. The van der Waals surface area contributed by atoms with E-state index in [1.54, 1.807) is 66.1 Å². The van der Waals surface area contributed by atoms with Gasteiger partial charge in [0.2, 0.25) is 41.4 Å². The maximum absolute atomic E-state index is 15.4. The lowest BCUT2D eigenvalue weighted by molar-refractivity contribution is -0.172. The minimum absolute atomic E-state index is 0.0188. The van der Waals surface area contributed by atoms with E-state index >= 15 is 4.39 Å². The summed E-state index contributed by atoms with van der Waals surface area (Å²) in [6, 6.07) is 11.8. The van der Waals surface area contributed by atoms with E-state index in [-0.39, 0.29) is 62.5 Å². The van der Waals surface area contributed by atoms with Crippen molar-refractivity contribution in [2.75, 3.05) is 72.2 Å². The van der Waals surface area contributed by atoms with Crippen LogP contribution in [0.4, 0.5) is 4.39 Å². The van der Waals surface area contributed by atoms with E-state index in [2.05, 4.69) is 31.9 Å². The minimum Gasteiger partial charge on any atom is -0.458 e. The lowest BCUT2D eigenvalue weighted by Crippen LogP contribution is -2.53. The smallest absolute Gasteiger partial charge is 0.343 e. The van der Waals surface area contributed by atoms with Crippen LogP contribution in [0, 0.1) is 12.7 Å². The van der Waals surface area contributed by atoms with E-state index < -0.39 is 115 Å². The fraction of sp³-hybridized carbons (Fsp3) is 0.411. The largest absolute Gasteiger partial charge is 0.458 e. The molecule has 1 aliphatic carbocycles. The van der Waals surface area contributed by atoms with Crippen molar-refractivity contribution in [1.82, 2.24) is 51.2 Å². The Labute approximate surface area is 462 Å². The monoisotopic (exact) mass is 1120 g/mol. The fourth-order valence-corrected chi connectivity index (χ4v) is 10.9. The lowest BCUT2D eigenvalue weighted by Gasteiger charge is -2.34. The molecule has 4 aromatic rings. The third-order valence-corrected chi connectivity index (χ3v) is 15.3. The molecule has 81 heavy (non-hydrogen) atoms. The average Bonchev–Trinajstić information content (AvgIpc) is 4.24. The van der Waals surface area contributed by atoms with E-state index in [9.17, 15) is 57.8 Å². The number of aliphatic hydroxyl groups is 1. The SMILES string of the molecule is CC[C@@]1(O)C(=O)OCc2c1cc1n(c2=O)Cc2c-1cc1cc(F)c(C)c3c1c2[C@@H](NC(=O)COCNC(=O)CNC(=O)[C@H](Cc1ccccc1)NC(=O)CNC(=O)CNC(=O)CN1CCN(C(=O)CCN2C(=O)C=CC2=O)CC1)CC3. The number of aryl methyl sites for hydroxylation is 1. The van der Waals surface area contributed by atoms with Gasteiger partial charge in [-0.05, 0) is 83.0 Å². The van der Waals surface area contributed by atoms with Crippen molar-refractivity contribution >= 4 is 69.9 Å². The first kappa shape index (κ1) is 57.0. The van der Waals surface area contributed by atoms with Gasteiger partial charge in [-0.15, -0.1) is 0 Å². The zero-order valence-corrected chi connectivity index (χ0v) is 44.6. The van der Waals surface area contributed by atoms with Gasteiger partial charge in [-0.3, -0.25) is 57.7 Å². The number of fused-ring (bicyclic) bond motifs is 5. The number of benzene rings is 3. The number of halogens is 1. The fourth-order valence-electron chi connectivity index (χ4n) is 10.9. The van der Waals surface area contributed by atoms with E-state index in [1.165, 1.54) is 10.6 Å². The Morgan fingerprint density at radius 1 is 0.827 bits per heavy atom. The molecular formula is C56H61FN10O14. The Morgan fingerprint density at radius 3 is 2.25 bits per heavy atom. The molecule has 9 rings (SSSR count). The number of cyclic esters (lactones) is 1. The molecule has 0 radical (unpaired) electrons. The van der Waals surface area contributed by atoms with E-state index in [0.717, 1.165) is 33.6 Å². The zero-order chi connectivity index (χ0) is 57.7. The summed E-state index contributed by atoms with van der Waals surface area (Å²) in [6.45, 7) is 2.01. The van der Waals surface area contributed by atoms with Gasteiger partial charge < -0.3 is 55.9 Å². The normalized spacial score (nSPS) is 18.3. The number of aromatic nitrogens is 1. The summed E-state index contributed by atoms with van der Waals surface area (Å²) in [5.74, 6) is -6.22. The van der Waals surface area contributed by atoms with Crippen molar-refractivity contribution in [2.45, 2.75) is 76.8 Å². The molecule has 1 saturated heterocycles. The van der Waals surface area contributed by atoms with Crippen molar-refractivity contribution in [2.24, 2.45) is 0 Å². The first-order valence-electron chi connectivity index (χ1n) is 26.6. The van der Waals surface area contributed by atoms with E-state index in [4.69, 9.17) is 9.47 Å². The number of pyridine rings is 1. The summed E-state index contributed by atoms with van der Waals surface area (Å²) < 4.78 is 27.7. The number of nitrogens with one attached hydrogen (secondary N) is 6. The van der Waals surface area contributed by atoms with E-state index in [0.29, 0.717) is 72.4 Å². The molecule has 9 amide bonds. The highest BCUT2D eigenvalue weighted by molar-refractivity contribution is 6.13. The molecule has 3 aromatic carbocycles. The first-order chi connectivity index (χ1) is 38.8. The van der Waals surface area contributed by atoms with Crippen LogP contribution in [0.1, 0.15) is 71.2 Å². The summed E-state index contributed by atoms with van der Waals surface area (Å²) >= 11 is 0. The van der Waals surface area contributed by atoms with Crippen molar-refractivity contribution in [3.63, 3.8) is 0 Å². The van der Waals surface area contributed by atoms with Gasteiger partial charge in [-0.2, -0.15) is 0 Å². The third-order valence-electron chi connectivity index (χ3n) is 15.3. The van der Waals surface area contributed by atoms with Crippen LogP contribution in [0.3, 0.4) is 0 Å². The molecule has 4 aliphatic heterocycles. The lowest BCUT2D eigenvalue weighted by atomic mass is 9.79. The number of hydrogen-bond acceptors (Lipinski definition) is 15. The predicted molar refractivity (Wildman–Crippen MR) is 284 cm³/mol. The molecule has 7 N–H and O–H groups in total. The van der Waals surface area contributed by atoms with Crippen LogP contribution in [0.15, 0.2) is 65.5 Å².